The second kappa shape index (κ2) is 6.58. The van der Waals surface area contributed by atoms with Crippen LogP contribution < -0.4 is 0 Å². The van der Waals surface area contributed by atoms with Crippen molar-refractivity contribution in [1.29, 1.82) is 0 Å². The lowest BCUT2D eigenvalue weighted by molar-refractivity contribution is 0.800. The summed E-state index contributed by atoms with van der Waals surface area (Å²) < 4.78 is 0. The Morgan fingerprint density at radius 3 is 1.76 bits per heavy atom. The average Bonchev–Trinajstić information content (AvgIpc) is 3.27. The van der Waals surface area contributed by atoms with Gasteiger partial charge in [-0.25, -0.2) is 0 Å². The molecule has 0 N–H and O–H groups in total. The summed E-state index contributed by atoms with van der Waals surface area (Å²) in [5.41, 5.74) is 2.96. The summed E-state index contributed by atoms with van der Waals surface area (Å²) in [5, 5.41) is 0. The van der Waals surface area contributed by atoms with Gasteiger partial charge in [0.2, 0.25) is 0 Å². The summed E-state index contributed by atoms with van der Waals surface area (Å²) in [5.74, 6) is 2.07. The lowest BCUT2D eigenvalue weighted by Crippen LogP contribution is -1.82. The molecule has 2 aromatic carbocycles. The van der Waals surface area contributed by atoms with E-state index in [2.05, 4.69) is 91.9 Å². The van der Waals surface area contributed by atoms with Gasteiger partial charge < -0.3 is 0 Å². The molecule has 1 fully saturated rings. The van der Waals surface area contributed by atoms with Gasteiger partial charge in [0.1, 0.15) is 0 Å². The van der Waals surface area contributed by atoms with Crippen molar-refractivity contribution < 1.29 is 0 Å². The van der Waals surface area contributed by atoms with Gasteiger partial charge in [0, 0.05) is 0 Å². The Balaban J connectivity index is 1.79. The van der Waals surface area contributed by atoms with Gasteiger partial charge in [-0.15, -0.1) is 0 Å². The van der Waals surface area contributed by atoms with Gasteiger partial charge in [-0.3, -0.25) is 0 Å². The van der Waals surface area contributed by atoms with Crippen LogP contribution in [0.2, 0.25) is 0 Å². The predicted octanol–water partition coefficient (Wildman–Crippen LogP) is 5.71. The molecular weight excluding hydrogens is 252 g/mol. The highest BCUT2D eigenvalue weighted by Gasteiger charge is 2.50. The van der Waals surface area contributed by atoms with Crippen LogP contribution in [0.1, 0.15) is 36.3 Å². The van der Waals surface area contributed by atoms with E-state index in [0.717, 1.165) is 12.3 Å². The first-order chi connectivity index (χ1) is 10.4. The van der Waals surface area contributed by atoms with Crippen molar-refractivity contribution in [3.05, 3.63) is 96.1 Å². The molecule has 2 atom stereocenters. The normalized spacial score (nSPS) is 24.7. The van der Waals surface area contributed by atoms with E-state index >= 15 is 0 Å². The first kappa shape index (κ1) is 13.9. The summed E-state index contributed by atoms with van der Waals surface area (Å²) in [4.78, 5) is 0. The fourth-order valence-corrected chi connectivity index (χ4v) is 3.35. The highest BCUT2D eigenvalue weighted by Crippen LogP contribution is 2.62. The van der Waals surface area contributed by atoms with E-state index in [-0.39, 0.29) is 0 Å². The third-order valence-corrected chi connectivity index (χ3v) is 4.39. The number of allylic oxidation sites excluding steroid dienone is 4. The Morgan fingerprint density at radius 2 is 1.29 bits per heavy atom. The highest BCUT2D eigenvalue weighted by atomic mass is 14.5. The Labute approximate surface area is 127 Å². The molecule has 106 valence electrons. The molecule has 0 heteroatoms. The van der Waals surface area contributed by atoms with Crippen LogP contribution in [0.5, 0.6) is 0 Å². The second-order valence-electron chi connectivity index (χ2n) is 5.73. The lowest BCUT2D eigenvalue weighted by Gasteiger charge is -2.00. The van der Waals surface area contributed by atoms with Gasteiger partial charge in [-0.05, 0) is 42.2 Å². The maximum atomic E-state index is 2.31. The Kier molecular flexibility index (Phi) is 4.35. The van der Waals surface area contributed by atoms with E-state index in [0.29, 0.717) is 11.8 Å². The van der Waals surface area contributed by atoms with Crippen molar-refractivity contribution in [2.24, 2.45) is 5.92 Å². The first-order valence-corrected chi connectivity index (χ1v) is 7.79. The minimum Gasteiger partial charge on any atom is -0.0877 e. The summed E-state index contributed by atoms with van der Waals surface area (Å²) in [6, 6.07) is 21.9. The van der Waals surface area contributed by atoms with Crippen LogP contribution in [0.25, 0.3) is 0 Å². The fourth-order valence-electron chi connectivity index (χ4n) is 3.35. The van der Waals surface area contributed by atoms with Crippen LogP contribution >= 0.6 is 0 Å². The molecule has 0 saturated heterocycles. The summed E-state index contributed by atoms with van der Waals surface area (Å²) in [6.45, 7) is 2.06. The molecule has 0 nitrogen and oxygen atoms in total. The fraction of sp³-hybridized carbons (Fsp3) is 0.238. The van der Waals surface area contributed by atoms with Crippen LogP contribution in [0.4, 0.5) is 0 Å². The smallest absolute Gasteiger partial charge is 0.00527 e. The van der Waals surface area contributed by atoms with E-state index in [1.807, 2.05) is 0 Å². The summed E-state index contributed by atoms with van der Waals surface area (Å²) >= 11 is 0. The molecule has 1 saturated carbocycles. The van der Waals surface area contributed by atoms with Crippen molar-refractivity contribution in [1.82, 2.24) is 0 Å². The van der Waals surface area contributed by atoms with E-state index in [4.69, 9.17) is 0 Å². The molecule has 0 spiro atoms. The lowest BCUT2D eigenvalue weighted by atomic mass is 10.0. The monoisotopic (exact) mass is 274 g/mol. The van der Waals surface area contributed by atoms with Gasteiger partial charge in [0.25, 0.3) is 0 Å². The molecule has 0 aromatic heterocycles. The second-order valence-corrected chi connectivity index (χ2v) is 5.73. The first-order valence-electron chi connectivity index (χ1n) is 7.79. The van der Waals surface area contributed by atoms with Crippen LogP contribution in [0.15, 0.2) is 85.0 Å². The van der Waals surface area contributed by atoms with Crippen molar-refractivity contribution in [2.75, 3.05) is 0 Å². The number of rotatable bonds is 5. The van der Waals surface area contributed by atoms with Gasteiger partial charge in [0.15, 0.2) is 0 Å². The van der Waals surface area contributed by atoms with Crippen LogP contribution in [0.3, 0.4) is 0 Å². The third kappa shape index (κ3) is 3.16. The Hall–Kier alpha value is -2.08. The number of hydrogen-bond donors (Lipinski definition) is 0. The molecule has 0 aliphatic heterocycles. The molecule has 0 heterocycles. The molecule has 1 aliphatic carbocycles. The van der Waals surface area contributed by atoms with Crippen LogP contribution in [-0.2, 0) is 0 Å². The molecule has 1 aliphatic rings. The van der Waals surface area contributed by atoms with Crippen molar-refractivity contribution in [3.63, 3.8) is 0 Å². The van der Waals surface area contributed by atoms with Gasteiger partial charge >= 0.3 is 0 Å². The number of benzene rings is 2. The minimum atomic E-state index is 0.670. The van der Waals surface area contributed by atoms with E-state index < -0.39 is 0 Å². The van der Waals surface area contributed by atoms with Gasteiger partial charge in [0.05, 0.1) is 0 Å². The highest BCUT2D eigenvalue weighted by molar-refractivity contribution is 5.39. The van der Waals surface area contributed by atoms with E-state index in [1.54, 1.807) is 0 Å². The predicted molar refractivity (Wildman–Crippen MR) is 90.4 cm³/mol. The summed E-state index contributed by atoms with van der Waals surface area (Å²) in [6.07, 6.45) is 9.82. The Bertz CT molecular complexity index is 562. The molecular formula is C21H22. The summed E-state index contributed by atoms with van der Waals surface area (Å²) in [7, 11) is 0. The number of hydrogen-bond acceptors (Lipinski definition) is 0. The molecule has 2 unspecified atom stereocenters. The molecule has 3 rings (SSSR count). The zero-order valence-electron chi connectivity index (χ0n) is 12.5. The van der Waals surface area contributed by atoms with Crippen LogP contribution in [-0.4, -0.2) is 0 Å². The molecule has 2 aromatic rings. The van der Waals surface area contributed by atoms with Gasteiger partial charge in [-0.1, -0.05) is 85.0 Å². The molecule has 0 bridgehead atoms. The quantitative estimate of drug-likeness (QED) is 0.613. The van der Waals surface area contributed by atoms with E-state index in [9.17, 15) is 0 Å². The average molecular weight is 274 g/mol. The zero-order chi connectivity index (χ0) is 14.5. The van der Waals surface area contributed by atoms with Crippen molar-refractivity contribution >= 4 is 0 Å². The topological polar surface area (TPSA) is 0 Å². The van der Waals surface area contributed by atoms with Crippen LogP contribution in [0, 0.1) is 5.92 Å². The van der Waals surface area contributed by atoms with E-state index in [1.165, 1.54) is 11.1 Å². The Morgan fingerprint density at radius 1 is 0.762 bits per heavy atom. The maximum absolute atomic E-state index is 2.31. The maximum Gasteiger partial charge on any atom is -0.00527 e. The molecule has 21 heavy (non-hydrogen) atoms. The standard InChI is InChI=1S/C21H22/c1-2-3-4-11-16-19-20(17-12-7-5-8-13-17)21(19)18-14-9-6-10-15-18/h2-15,19-21H,16H2,1H3. The van der Waals surface area contributed by atoms with Crippen molar-refractivity contribution in [2.45, 2.75) is 25.2 Å². The molecule has 0 radical (unpaired) electrons. The van der Waals surface area contributed by atoms with Crippen molar-refractivity contribution in [3.8, 4) is 0 Å². The largest absolute Gasteiger partial charge is 0.0877 e. The zero-order valence-corrected chi connectivity index (χ0v) is 12.5. The SMILES string of the molecule is CC=CC=CCC1C(c2ccccc2)C1c1ccccc1. The molecule has 0 amide bonds. The minimum absolute atomic E-state index is 0.670. The third-order valence-electron chi connectivity index (χ3n) is 4.39. The van der Waals surface area contributed by atoms with Gasteiger partial charge in [-0.2, -0.15) is 0 Å².